The number of carbonyl (C=O) groups is 1. The molecule has 0 unspecified atom stereocenters. The van der Waals surface area contributed by atoms with Gasteiger partial charge in [-0.15, -0.1) is 6.42 Å². The lowest BCUT2D eigenvalue weighted by Gasteiger charge is -1.99. The fraction of sp³-hybridized carbons (Fsp3) is 0.333. The minimum absolute atomic E-state index is 0.299. The van der Waals surface area contributed by atoms with Crippen molar-refractivity contribution in [2.24, 2.45) is 0 Å². The molecule has 3 rings (SSSR count). The fourth-order valence-corrected chi connectivity index (χ4v) is 2.11. The van der Waals surface area contributed by atoms with Gasteiger partial charge in [-0.2, -0.15) is 5.10 Å². The Kier molecular flexibility index (Phi) is 1.99. The molecule has 1 aliphatic rings. The maximum atomic E-state index is 11.4. The van der Waals surface area contributed by atoms with Gasteiger partial charge in [0.25, 0.3) is 0 Å². The van der Waals surface area contributed by atoms with Crippen molar-refractivity contribution >= 4 is 11.6 Å². The van der Waals surface area contributed by atoms with Crippen LogP contribution in [0.5, 0.6) is 0 Å². The quantitative estimate of drug-likeness (QED) is 0.808. The summed E-state index contributed by atoms with van der Waals surface area (Å²) in [5.74, 6) is 1.89. The van der Waals surface area contributed by atoms with Crippen LogP contribution in [-0.2, 0) is 6.54 Å². The monoisotopic (exact) mass is 229 g/mol. The van der Waals surface area contributed by atoms with Crippen LogP contribution in [-0.4, -0.2) is 25.3 Å². The van der Waals surface area contributed by atoms with Crippen LogP contribution in [0.15, 0.2) is 12.4 Å². The zero-order chi connectivity index (χ0) is 12.0. The maximum Gasteiger partial charge on any atom is 0.341 e. The van der Waals surface area contributed by atoms with Crippen LogP contribution < -0.4 is 0 Å². The summed E-state index contributed by atoms with van der Waals surface area (Å²) < 4.78 is 3.34. The van der Waals surface area contributed by atoms with E-state index in [2.05, 4.69) is 11.0 Å². The molecule has 1 saturated carbocycles. The number of carboxylic acid groups (broad SMARTS) is 1. The third-order valence-electron chi connectivity index (χ3n) is 3.01. The van der Waals surface area contributed by atoms with Crippen molar-refractivity contribution in [1.29, 1.82) is 0 Å². The first-order valence-corrected chi connectivity index (χ1v) is 5.46. The first-order chi connectivity index (χ1) is 8.22. The van der Waals surface area contributed by atoms with E-state index in [9.17, 15) is 9.90 Å². The number of terminal acetylenes is 1. The van der Waals surface area contributed by atoms with Crippen LogP contribution in [0.1, 0.15) is 34.8 Å². The largest absolute Gasteiger partial charge is 0.477 e. The predicted octanol–water partition coefficient (Wildman–Crippen LogP) is 1.34. The van der Waals surface area contributed by atoms with Gasteiger partial charge < -0.3 is 9.67 Å². The van der Waals surface area contributed by atoms with E-state index in [1.165, 1.54) is 0 Å². The summed E-state index contributed by atoms with van der Waals surface area (Å²) >= 11 is 0. The number of aromatic carboxylic acids is 1. The Morgan fingerprint density at radius 1 is 1.59 bits per heavy atom. The van der Waals surface area contributed by atoms with Crippen molar-refractivity contribution in [2.75, 3.05) is 0 Å². The molecule has 86 valence electrons. The number of nitrogens with zero attached hydrogens (tertiary/aromatic N) is 3. The lowest BCUT2D eigenvalue weighted by Crippen LogP contribution is -2.03. The summed E-state index contributed by atoms with van der Waals surface area (Å²) in [6, 6.07) is 0. The average molecular weight is 229 g/mol. The van der Waals surface area contributed by atoms with Gasteiger partial charge in [0.2, 0.25) is 0 Å². The first kappa shape index (κ1) is 9.97. The normalized spacial score (nSPS) is 15.0. The van der Waals surface area contributed by atoms with Gasteiger partial charge in [-0.3, -0.25) is 0 Å². The molecule has 17 heavy (non-hydrogen) atoms. The minimum Gasteiger partial charge on any atom is -0.477 e. The van der Waals surface area contributed by atoms with Crippen LogP contribution in [0, 0.1) is 12.3 Å². The van der Waals surface area contributed by atoms with Crippen molar-refractivity contribution < 1.29 is 9.90 Å². The Morgan fingerprint density at radius 3 is 2.94 bits per heavy atom. The second-order valence-electron chi connectivity index (χ2n) is 4.24. The number of imidazole rings is 1. The van der Waals surface area contributed by atoms with Crippen molar-refractivity contribution in [3.8, 4) is 12.3 Å². The lowest BCUT2D eigenvalue weighted by atomic mass is 10.2. The number of carboxylic acids is 1. The van der Waals surface area contributed by atoms with E-state index in [0.29, 0.717) is 29.4 Å². The lowest BCUT2D eigenvalue weighted by molar-refractivity contribution is 0.0697. The molecule has 2 heterocycles. The van der Waals surface area contributed by atoms with Gasteiger partial charge in [0.1, 0.15) is 5.56 Å². The third kappa shape index (κ3) is 1.41. The molecule has 2 aromatic rings. The highest BCUT2D eigenvalue weighted by molar-refractivity contribution is 5.96. The second-order valence-corrected chi connectivity index (χ2v) is 4.24. The summed E-state index contributed by atoms with van der Waals surface area (Å²) in [7, 11) is 0. The molecule has 0 aliphatic heterocycles. The maximum absolute atomic E-state index is 11.4. The zero-order valence-electron chi connectivity index (χ0n) is 9.13. The molecule has 0 saturated heterocycles. The van der Waals surface area contributed by atoms with E-state index >= 15 is 0 Å². The molecule has 0 aromatic carbocycles. The summed E-state index contributed by atoms with van der Waals surface area (Å²) in [6.07, 6.45) is 10.8. The fourth-order valence-electron chi connectivity index (χ4n) is 2.11. The van der Waals surface area contributed by atoms with Crippen molar-refractivity contribution in [2.45, 2.75) is 25.3 Å². The van der Waals surface area contributed by atoms with Crippen LogP contribution in [0.4, 0.5) is 0 Å². The summed E-state index contributed by atoms with van der Waals surface area (Å²) in [4.78, 5) is 11.4. The van der Waals surface area contributed by atoms with Crippen molar-refractivity contribution in [1.82, 2.24) is 14.2 Å². The van der Waals surface area contributed by atoms with E-state index < -0.39 is 5.97 Å². The zero-order valence-corrected chi connectivity index (χ0v) is 9.13. The standard InChI is InChI=1S/C12H11N3O2/c1-2-5-14-6-7-15-11(14)9(12(16)17)10(13-15)8-3-4-8/h1,6-8H,3-5H2,(H,16,17). The molecule has 0 radical (unpaired) electrons. The number of rotatable bonds is 3. The molecule has 0 atom stereocenters. The topological polar surface area (TPSA) is 59.5 Å². The van der Waals surface area contributed by atoms with Gasteiger partial charge >= 0.3 is 5.97 Å². The van der Waals surface area contributed by atoms with Gasteiger partial charge in [0, 0.05) is 18.3 Å². The van der Waals surface area contributed by atoms with Crippen molar-refractivity contribution in [3.05, 3.63) is 23.7 Å². The Labute approximate surface area is 97.7 Å². The van der Waals surface area contributed by atoms with E-state index in [1.807, 2.05) is 0 Å². The molecule has 2 aromatic heterocycles. The van der Waals surface area contributed by atoms with Crippen LogP contribution in [0.2, 0.25) is 0 Å². The molecule has 5 nitrogen and oxygen atoms in total. The molecule has 1 fully saturated rings. The molecule has 0 bridgehead atoms. The molecule has 5 heteroatoms. The van der Waals surface area contributed by atoms with Gasteiger partial charge in [0.05, 0.1) is 12.2 Å². The number of hydrogen-bond donors (Lipinski definition) is 1. The Bertz CT molecular complexity index is 641. The average Bonchev–Trinajstić information content (AvgIpc) is 2.95. The Morgan fingerprint density at radius 2 is 2.35 bits per heavy atom. The molecule has 0 amide bonds. The van der Waals surface area contributed by atoms with Gasteiger partial charge in [-0.1, -0.05) is 5.92 Å². The van der Waals surface area contributed by atoms with E-state index in [0.717, 1.165) is 12.8 Å². The Hall–Kier alpha value is -2.22. The summed E-state index contributed by atoms with van der Waals surface area (Å²) in [5, 5.41) is 13.7. The molecule has 1 N–H and O–H groups in total. The smallest absolute Gasteiger partial charge is 0.341 e. The third-order valence-corrected chi connectivity index (χ3v) is 3.01. The predicted molar refractivity (Wildman–Crippen MR) is 60.9 cm³/mol. The summed E-state index contributed by atoms with van der Waals surface area (Å²) in [6.45, 7) is 0.354. The number of fused-ring (bicyclic) bond motifs is 1. The van der Waals surface area contributed by atoms with Crippen molar-refractivity contribution in [3.63, 3.8) is 0 Å². The van der Waals surface area contributed by atoms with Gasteiger partial charge in [0.15, 0.2) is 5.65 Å². The highest BCUT2D eigenvalue weighted by Gasteiger charge is 2.33. The first-order valence-electron chi connectivity index (χ1n) is 5.46. The van der Waals surface area contributed by atoms with Gasteiger partial charge in [-0.25, -0.2) is 9.31 Å². The molecule has 1 aliphatic carbocycles. The van der Waals surface area contributed by atoms with Crippen LogP contribution in [0.25, 0.3) is 5.65 Å². The molecule has 0 spiro atoms. The molecular weight excluding hydrogens is 218 g/mol. The van der Waals surface area contributed by atoms with Crippen LogP contribution in [0.3, 0.4) is 0 Å². The van der Waals surface area contributed by atoms with Crippen LogP contribution >= 0.6 is 0 Å². The summed E-state index contributed by atoms with van der Waals surface area (Å²) in [5.41, 5.74) is 1.57. The van der Waals surface area contributed by atoms with E-state index in [4.69, 9.17) is 6.42 Å². The Balaban J connectivity index is 2.27. The molecular formula is C12H11N3O2. The number of aromatic nitrogens is 3. The highest BCUT2D eigenvalue weighted by atomic mass is 16.4. The highest BCUT2D eigenvalue weighted by Crippen LogP contribution is 2.41. The van der Waals surface area contributed by atoms with E-state index in [1.54, 1.807) is 21.5 Å². The minimum atomic E-state index is -0.932. The second kappa shape index (κ2) is 3.39. The SMILES string of the molecule is C#CCn1ccn2nc(C3CC3)c(C(=O)O)c12. The number of hydrogen-bond acceptors (Lipinski definition) is 2. The van der Waals surface area contributed by atoms with E-state index in [-0.39, 0.29) is 0 Å². The van der Waals surface area contributed by atoms with Gasteiger partial charge in [-0.05, 0) is 12.8 Å².